The van der Waals surface area contributed by atoms with Gasteiger partial charge in [-0.2, -0.15) is 0 Å². The Morgan fingerprint density at radius 3 is 2.96 bits per heavy atom. The SMILES string of the molecule is Cc1c(OCC(=O)NCC2CN(CC(C)C)CCO2)cccc1[N+](=O)[O-]. The molecular formula is C18H27N3O5. The average molecular weight is 365 g/mol. The third-order valence-electron chi connectivity index (χ3n) is 4.18. The largest absolute Gasteiger partial charge is 0.483 e. The lowest BCUT2D eigenvalue weighted by Gasteiger charge is -2.33. The van der Waals surface area contributed by atoms with Crippen LogP contribution in [-0.2, 0) is 9.53 Å². The van der Waals surface area contributed by atoms with Crippen LogP contribution < -0.4 is 10.1 Å². The van der Waals surface area contributed by atoms with Gasteiger partial charge < -0.3 is 14.8 Å². The lowest BCUT2D eigenvalue weighted by molar-refractivity contribution is -0.385. The molecule has 0 spiro atoms. The van der Waals surface area contributed by atoms with Crippen LogP contribution in [0.4, 0.5) is 5.69 Å². The Kier molecular flexibility index (Phi) is 7.35. The van der Waals surface area contributed by atoms with Crippen LogP contribution in [0.15, 0.2) is 18.2 Å². The van der Waals surface area contributed by atoms with Crippen molar-refractivity contribution in [1.82, 2.24) is 10.2 Å². The third-order valence-corrected chi connectivity index (χ3v) is 4.18. The quantitative estimate of drug-likeness (QED) is 0.557. The second-order valence-electron chi connectivity index (χ2n) is 6.90. The predicted octanol–water partition coefficient (Wildman–Crippen LogP) is 1.76. The lowest BCUT2D eigenvalue weighted by atomic mass is 10.2. The maximum Gasteiger partial charge on any atom is 0.276 e. The van der Waals surface area contributed by atoms with Crippen LogP contribution in [-0.4, -0.2) is 61.2 Å². The van der Waals surface area contributed by atoms with Gasteiger partial charge in [-0.3, -0.25) is 19.8 Å². The standard InChI is InChI=1S/C18H27N3O5/c1-13(2)10-20-7-8-25-15(11-20)9-19-18(22)12-26-17-6-4-5-16(14(17)3)21(23)24/h4-6,13,15H,7-12H2,1-3H3,(H,19,22). The zero-order valence-electron chi connectivity index (χ0n) is 15.6. The molecule has 1 aromatic carbocycles. The van der Waals surface area contributed by atoms with Crippen molar-refractivity contribution in [2.24, 2.45) is 5.92 Å². The number of hydrogen-bond donors (Lipinski definition) is 1. The van der Waals surface area contributed by atoms with Crippen molar-refractivity contribution in [3.8, 4) is 5.75 Å². The number of hydrogen-bond acceptors (Lipinski definition) is 6. The molecule has 0 aliphatic carbocycles. The van der Waals surface area contributed by atoms with Crippen molar-refractivity contribution in [1.29, 1.82) is 0 Å². The fourth-order valence-corrected chi connectivity index (χ4v) is 2.97. The van der Waals surface area contributed by atoms with Gasteiger partial charge in [0, 0.05) is 32.2 Å². The molecular weight excluding hydrogens is 338 g/mol. The van der Waals surface area contributed by atoms with E-state index in [1.165, 1.54) is 12.1 Å². The molecule has 1 heterocycles. The summed E-state index contributed by atoms with van der Waals surface area (Å²) in [7, 11) is 0. The zero-order chi connectivity index (χ0) is 19.1. The first-order valence-corrected chi connectivity index (χ1v) is 8.84. The van der Waals surface area contributed by atoms with E-state index in [1.807, 2.05) is 0 Å². The van der Waals surface area contributed by atoms with Crippen molar-refractivity contribution in [3.63, 3.8) is 0 Å². The Hall–Kier alpha value is -2.19. The number of benzene rings is 1. The summed E-state index contributed by atoms with van der Waals surface area (Å²) >= 11 is 0. The number of ether oxygens (including phenoxy) is 2. The first-order chi connectivity index (χ1) is 12.4. The average Bonchev–Trinajstić information content (AvgIpc) is 2.58. The van der Waals surface area contributed by atoms with Gasteiger partial charge in [0.15, 0.2) is 6.61 Å². The summed E-state index contributed by atoms with van der Waals surface area (Å²) in [4.78, 5) is 24.8. The molecule has 0 radical (unpaired) electrons. The molecule has 1 fully saturated rings. The number of nitro groups is 1. The maximum absolute atomic E-state index is 12.0. The number of morpholine rings is 1. The van der Waals surface area contributed by atoms with Gasteiger partial charge in [-0.15, -0.1) is 0 Å². The molecule has 8 nitrogen and oxygen atoms in total. The first-order valence-electron chi connectivity index (χ1n) is 8.84. The summed E-state index contributed by atoms with van der Waals surface area (Å²) < 4.78 is 11.1. The molecule has 1 aliphatic heterocycles. The first kappa shape index (κ1) is 20.1. The monoisotopic (exact) mass is 365 g/mol. The minimum atomic E-state index is -0.467. The number of rotatable bonds is 8. The molecule has 26 heavy (non-hydrogen) atoms. The van der Waals surface area contributed by atoms with Gasteiger partial charge in [0.25, 0.3) is 11.6 Å². The molecule has 0 aromatic heterocycles. The molecule has 1 atom stereocenters. The van der Waals surface area contributed by atoms with Crippen molar-refractivity contribution in [3.05, 3.63) is 33.9 Å². The summed E-state index contributed by atoms with van der Waals surface area (Å²) in [6.07, 6.45) is -0.0361. The number of carbonyl (C=O) groups excluding carboxylic acids is 1. The minimum Gasteiger partial charge on any atom is -0.483 e. The van der Waals surface area contributed by atoms with Crippen molar-refractivity contribution in [2.75, 3.05) is 39.4 Å². The van der Waals surface area contributed by atoms with Crippen LogP contribution in [0.5, 0.6) is 5.75 Å². The Balaban J connectivity index is 1.77. The Labute approximate surface area is 153 Å². The van der Waals surface area contributed by atoms with E-state index in [-0.39, 0.29) is 24.3 Å². The van der Waals surface area contributed by atoms with Crippen molar-refractivity contribution >= 4 is 11.6 Å². The highest BCUT2D eigenvalue weighted by Gasteiger charge is 2.21. The molecule has 1 unspecified atom stereocenters. The van der Waals surface area contributed by atoms with Gasteiger partial charge in [-0.05, 0) is 18.9 Å². The molecule has 1 N–H and O–H groups in total. The Bertz CT molecular complexity index is 635. The van der Waals surface area contributed by atoms with Crippen LogP contribution in [0, 0.1) is 23.0 Å². The van der Waals surface area contributed by atoms with Crippen LogP contribution in [0.25, 0.3) is 0 Å². The molecule has 1 aliphatic rings. The van der Waals surface area contributed by atoms with Gasteiger partial charge in [-0.25, -0.2) is 0 Å². The van der Waals surface area contributed by atoms with E-state index in [2.05, 4.69) is 24.1 Å². The maximum atomic E-state index is 12.0. The van der Waals surface area contributed by atoms with E-state index in [1.54, 1.807) is 13.0 Å². The van der Waals surface area contributed by atoms with Crippen LogP contribution in [0.1, 0.15) is 19.4 Å². The van der Waals surface area contributed by atoms with Gasteiger partial charge in [-0.1, -0.05) is 19.9 Å². The van der Waals surface area contributed by atoms with Crippen molar-refractivity contribution < 1.29 is 19.2 Å². The Morgan fingerprint density at radius 1 is 1.50 bits per heavy atom. The van der Waals surface area contributed by atoms with Gasteiger partial charge in [0.05, 0.1) is 23.2 Å². The second kappa shape index (κ2) is 9.49. The summed E-state index contributed by atoms with van der Waals surface area (Å²) in [5.41, 5.74) is 0.383. The fourth-order valence-electron chi connectivity index (χ4n) is 2.97. The molecule has 1 amide bonds. The summed E-state index contributed by atoms with van der Waals surface area (Å²) in [6.45, 7) is 9.58. The molecule has 1 aromatic rings. The van der Waals surface area contributed by atoms with E-state index in [9.17, 15) is 14.9 Å². The van der Waals surface area contributed by atoms with Crippen LogP contribution >= 0.6 is 0 Å². The predicted molar refractivity (Wildman–Crippen MR) is 97.4 cm³/mol. The zero-order valence-corrected chi connectivity index (χ0v) is 15.6. The van der Waals surface area contributed by atoms with Crippen molar-refractivity contribution in [2.45, 2.75) is 26.9 Å². The molecule has 0 saturated carbocycles. The van der Waals surface area contributed by atoms with Crippen LogP contribution in [0.3, 0.4) is 0 Å². The summed E-state index contributed by atoms with van der Waals surface area (Å²) in [6, 6.07) is 4.56. The van der Waals surface area contributed by atoms with E-state index < -0.39 is 4.92 Å². The fraction of sp³-hybridized carbons (Fsp3) is 0.611. The summed E-state index contributed by atoms with van der Waals surface area (Å²) in [5.74, 6) is 0.654. The molecule has 2 rings (SSSR count). The van der Waals surface area contributed by atoms with Gasteiger partial charge in [0.2, 0.25) is 0 Å². The van der Waals surface area contributed by atoms with E-state index >= 15 is 0 Å². The highest BCUT2D eigenvalue weighted by molar-refractivity contribution is 5.77. The number of nitrogens with zero attached hydrogens (tertiary/aromatic N) is 2. The Morgan fingerprint density at radius 2 is 2.27 bits per heavy atom. The highest BCUT2D eigenvalue weighted by atomic mass is 16.6. The molecule has 144 valence electrons. The van der Waals surface area contributed by atoms with Gasteiger partial charge in [0.1, 0.15) is 5.75 Å². The normalized spacial score (nSPS) is 17.9. The summed E-state index contributed by atoms with van der Waals surface area (Å²) in [5, 5.41) is 13.7. The number of carbonyl (C=O) groups is 1. The highest BCUT2D eigenvalue weighted by Crippen LogP contribution is 2.26. The minimum absolute atomic E-state index is 0.0243. The lowest BCUT2D eigenvalue weighted by Crippen LogP contribution is -2.48. The van der Waals surface area contributed by atoms with E-state index in [0.29, 0.717) is 30.4 Å². The molecule has 1 saturated heterocycles. The molecule has 0 bridgehead atoms. The van der Waals surface area contributed by atoms with Gasteiger partial charge >= 0.3 is 0 Å². The second-order valence-corrected chi connectivity index (χ2v) is 6.90. The smallest absolute Gasteiger partial charge is 0.276 e. The molecule has 8 heteroatoms. The number of nitrogens with one attached hydrogen (secondary N) is 1. The van der Waals surface area contributed by atoms with E-state index in [0.717, 1.165) is 19.6 Å². The number of nitro benzene ring substituents is 1. The van der Waals surface area contributed by atoms with E-state index in [4.69, 9.17) is 9.47 Å². The number of amides is 1. The topological polar surface area (TPSA) is 93.9 Å². The third kappa shape index (κ3) is 5.96. The van der Waals surface area contributed by atoms with Crippen LogP contribution in [0.2, 0.25) is 0 Å².